The van der Waals surface area contributed by atoms with Crippen LogP contribution < -0.4 is 0 Å². The van der Waals surface area contributed by atoms with Crippen LogP contribution in [0.4, 0.5) is 0 Å². The van der Waals surface area contributed by atoms with Gasteiger partial charge < -0.3 is 0 Å². The second kappa shape index (κ2) is 8.33. The molecule has 0 spiro atoms. The molecule has 0 bridgehead atoms. The van der Waals surface area contributed by atoms with Gasteiger partial charge in [0, 0.05) is 0 Å². The molecule has 0 aliphatic heterocycles. The predicted octanol–water partition coefficient (Wildman–Crippen LogP) is 5.46. The normalized spacial score (nSPS) is 10.8. The lowest BCUT2D eigenvalue weighted by molar-refractivity contribution is 0.708. The standard InChI is InChI=1S/C17H28/c1-4-6-8-10-16-12-15(3)13-17(14-16)11-9-7-5-2/h12-14H,4-11H2,1-3H3. The van der Waals surface area contributed by atoms with Crippen LogP contribution in [0, 0.1) is 6.92 Å². The summed E-state index contributed by atoms with van der Waals surface area (Å²) >= 11 is 0. The lowest BCUT2D eigenvalue weighted by Gasteiger charge is -2.07. The van der Waals surface area contributed by atoms with Crippen LogP contribution in [0.25, 0.3) is 0 Å². The predicted molar refractivity (Wildman–Crippen MR) is 77.6 cm³/mol. The highest BCUT2D eigenvalue weighted by Gasteiger charge is 1.99. The summed E-state index contributed by atoms with van der Waals surface area (Å²) in [6, 6.07) is 7.15. The van der Waals surface area contributed by atoms with Crippen LogP contribution in [0.15, 0.2) is 18.2 Å². The van der Waals surface area contributed by atoms with E-state index in [0.29, 0.717) is 0 Å². The minimum Gasteiger partial charge on any atom is -0.0654 e. The Morgan fingerprint density at radius 1 is 0.706 bits per heavy atom. The first-order chi connectivity index (χ1) is 8.26. The zero-order chi connectivity index (χ0) is 12.5. The third-order valence-electron chi connectivity index (χ3n) is 3.33. The molecule has 0 N–H and O–H groups in total. The van der Waals surface area contributed by atoms with E-state index in [1.165, 1.54) is 56.9 Å². The molecule has 0 atom stereocenters. The fourth-order valence-corrected chi connectivity index (χ4v) is 2.39. The second-order valence-corrected chi connectivity index (χ2v) is 5.24. The molecule has 1 aromatic carbocycles. The van der Waals surface area contributed by atoms with Gasteiger partial charge in [-0.25, -0.2) is 0 Å². The molecule has 0 amide bonds. The maximum absolute atomic E-state index is 2.43. The molecule has 0 saturated carbocycles. The molecular weight excluding hydrogens is 204 g/mol. The number of unbranched alkanes of at least 4 members (excludes halogenated alkanes) is 4. The van der Waals surface area contributed by atoms with Gasteiger partial charge in [-0.1, -0.05) is 63.3 Å². The van der Waals surface area contributed by atoms with Crippen LogP contribution in [-0.4, -0.2) is 0 Å². The Labute approximate surface area is 107 Å². The highest BCUT2D eigenvalue weighted by molar-refractivity contribution is 5.29. The van der Waals surface area contributed by atoms with Crippen LogP contribution in [0.3, 0.4) is 0 Å². The zero-order valence-corrected chi connectivity index (χ0v) is 11.9. The number of rotatable bonds is 8. The molecule has 0 aliphatic rings. The molecule has 17 heavy (non-hydrogen) atoms. The summed E-state index contributed by atoms with van der Waals surface area (Å²) in [5.41, 5.74) is 4.53. The van der Waals surface area contributed by atoms with Gasteiger partial charge in [0.2, 0.25) is 0 Å². The third-order valence-corrected chi connectivity index (χ3v) is 3.33. The van der Waals surface area contributed by atoms with Gasteiger partial charge in [0.05, 0.1) is 0 Å². The van der Waals surface area contributed by atoms with E-state index < -0.39 is 0 Å². The van der Waals surface area contributed by atoms with Crippen molar-refractivity contribution in [2.75, 3.05) is 0 Å². The molecule has 0 nitrogen and oxygen atoms in total. The lowest BCUT2D eigenvalue weighted by Crippen LogP contribution is -1.92. The van der Waals surface area contributed by atoms with Gasteiger partial charge in [-0.15, -0.1) is 0 Å². The van der Waals surface area contributed by atoms with Gasteiger partial charge in [0.25, 0.3) is 0 Å². The number of hydrogen-bond donors (Lipinski definition) is 0. The Morgan fingerprint density at radius 3 is 1.59 bits per heavy atom. The maximum Gasteiger partial charge on any atom is -0.0279 e. The van der Waals surface area contributed by atoms with E-state index in [0.717, 1.165) is 0 Å². The average molecular weight is 232 g/mol. The molecular formula is C17H28. The van der Waals surface area contributed by atoms with Gasteiger partial charge in [0.1, 0.15) is 0 Å². The Morgan fingerprint density at radius 2 is 1.18 bits per heavy atom. The van der Waals surface area contributed by atoms with Crippen LogP contribution in [0.5, 0.6) is 0 Å². The van der Waals surface area contributed by atoms with Gasteiger partial charge >= 0.3 is 0 Å². The molecule has 0 fully saturated rings. The lowest BCUT2D eigenvalue weighted by atomic mass is 9.98. The molecule has 0 radical (unpaired) electrons. The quantitative estimate of drug-likeness (QED) is 0.522. The van der Waals surface area contributed by atoms with Gasteiger partial charge in [-0.2, -0.15) is 0 Å². The van der Waals surface area contributed by atoms with E-state index in [1.807, 2.05) is 0 Å². The molecule has 0 aliphatic carbocycles. The average Bonchev–Trinajstić information content (AvgIpc) is 2.29. The van der Waals surface area contributed by atoms with Crippen molar-refractivity contribution in [3.8, 4) is 0 Å². The van der Waals surface area contributed by atoms with E-state index in [4.69, 9.17) is 0 Å². The van der Waals surface area contributed by atoms with Crippen LogP contribution >= 0.6 is 0 Å². The highest BCUT2D eigenvalue weighted by Crippen LogP contribution is 2.15. The fourth-order valence-electron chi connectivity index (χ4n) is 2.39. The SMILES string of the molecule is CCCCCc1cc(C)cc(CCCCC)c1. The van der Waals surface area contributed by atoms with Gasteiger partial charge in [0.15, 0.2) is 0 Å². The molecule has 0 saturated heterocycles. The monoisotopic (exact) mass is 232 g/mol. The maximum atomic E-state index is 2.43. The van der Waals surface area contributed by atoms with Crippen molar-refractivity contribution in [3.63, 3.8) is 0 Å². The van der Waals surface area contributed by atoms with E-state index in [9.17, 15) is 0 Å². The van der Waals surface area contributed by atoms with Crippen LogP contribution in [0.2, 0.25) is 0 Å². The van der Waals surface area contributed by atoms with Crippen molar-refractivity contribution in [2.45, 2.75) is 72.1 Å². The van der Waals surface area contributed by atoms with E-state index in [1.54, 1.807) is 11.1 Å². The second-order valence-electron chi connectivity index (χ2n) is 5.24. The smallest absolute Gasteiger partial charge is 0.0279 e. The molecule has 1 aromatic rings. The first-order valence-corrected chi connectivity index (χ1v) is 7.35. The van der Waals surface area contributed by atoms with E-state index in [2.05, 4.69) is 39.0 Å². The van der Waals surface area contributed by atoms with Gasteiger partial charge in [-0.05, 0) is 43.7 Å². The summed E-state index contributed by atoms with van der Waals surface area (Å²) in [5.74, 6) is 0. The Balaban J connectivity index is 2.53. The van der Waals surface area contributed by atoms with E-state index >= 15 is 0 Å². The Kier molecular flexibility index (Phi) is 7.00. The number of benzene rings is 1. The molecule has 96 valence electrons. The van der Waals surface area contributed by atoms with Crippen molar-refractivity contribution in [1.82, 2.24) is 0 Å². The number of aryl methyl sites for hydroxylation is 3. The number of hydrogen-bond acceptors (Lipinski definition) is 0. The summed E-state index contributed by atoms with van der Waals surface area (Å²) in [6.45, 7) is 6.77. The van der Waals surface area contributed by atoms with E-state index in [-0.39, 0.29) is 0 Å². The summed E-state index contributed by atoms with van der Waals surface area (Å²) < 4.78 is 0. The largest absolute Gasteiger partial charge is 0.0654 e. The molecule has 0 heterocycles. The minimum absolute atomic E-state index is 1.26. The summed E-state index contributed by atoms with van der Waals surface area (Å²) in [7, 11) is 0. The van der Waals surface area contributed by atoms with Crippen LogP contribution in [-0.2, 0) is 12.8 Å². The van der Waals surface area contributed by atoms with Crippen molar-refractivity contribution < 1.29 is 0 Å². The first kappa shape index (κ1) is 14.3. The molecule has 1 rings (SSSR count). The Bertz CT molecular complexity index is 284. The third kappa shape index (κ3) is 5.91. The van der Waals surface area contributed by atoms with Crippen LogP contribution in [0.1, 0.15) is 69.1 Å². The minimum atomic E-state index is 1.26. The van der Waals surface area contributed by atoms with Crippen molar-refractivity contribution in [3.05, 3.63) is 34.9 Å². The molecule has 0 aromatic heterocycles. The topological polar surface area (TPSA) is 0 Å². The highest BCUT2D eigenvalue weighted by atomic mass is 14.0. The summed E-state index contributed by atoms with van der Waals surface area (Å²) in [5, 5.41) is 0. The summed E-state index contributed by atoms with van der Waals surface area (Å²) in [6.07, 6.45) is 10.6. The zero-order valence-electron chi connectivity index (χ0n) is 11.9. The fraction of sp³-hybridized carbons (Fsp3) is 0.647. The molecule has 0 heteroatoms. The Hall–Kier alpha value is -0.780. The summed E-state index contributed by atoms with van der Waals surface area (Å²) in [4.78, 5) is 0. The first-order valence-electron chi connectivity index (χ1n) is 7.35. The van der Waals surface area contributed by atoms with Gasteiger partial charge in [-0.3, -0.25) is 0 Å². The van der Waals surface area contributed by atoms with Crippen molar-refractivity contribution in [1.29, 1.82) is 0 Å². The van der Waals surface area contributed by atoms with Crippen molar-refractivity contribution in [2.24, 2.45) is 0 Å². The molecule has 0 unspecified atom stereocenters. The van der Waals surface area contributed by atoms with Crippen molar-refractivity contribution >= 4 is 0 Å².